The summed E-state index contributed by atoms with van der Waals surface area (Å²) in [6.45, 7) is 3.08. The predicted octanol–water partition coefficient (Wildman–Crippen LogP) is 4.16. The van der Waals surface area contributed by atoms with Crippen LogP contribution in [-0.2, 0) is 4.79 Å². The van der Waals surface area contributed by atoms with E-state index in [-0.39, 0.29) is 18.4 Å². The zero-order valence-corrected chi connectivity index (χ0v) is 17.2. The Morgan fingerprint density at radius 1 is 0.933 bits per heavy atom. The molecule has 3 aromatic carbocycles. The van der Waals surface area contributed by atoms with Crippen molar-refractivity contribution >= 4 is 17.5 Å². The number of amides is 2. The van der Waals surface area contributed by atoms with Crippen LogP contribution < -0.4 is 9.64 Å². The molecule has 5 heteroatoms. The van der Waals surface area contributed by atoms with Crippen LogP contribution >= 0.6 is 0 Å². The molecule has 1 aliphatic rings. The lowest BCUT2D eigenvalue weighted by Crippen LogP contribution is -2.52. The van der Waals surface area contributed by atoms with Crippen LogP contribution in [0.4, 0.5) is 5.69 Å². The molecule has 0 spiro atoms. The molecule has 4 rings (SSSR count). The highest BCUT2D eigenvalue weighted by molar-refractivity contribution is 6.02. The Morgan fingerprint density at radius 2 is 1.70 bits per heavy atom. The molecule has 0 bridgehead atoms. The molecule has 0 unspecified atom stereocenters. The van der Waals surface area contributed by atoms with E-state index in [1.54, 1.807) is 16.9 Å². The maximum atomic E-state index is 12.9. The second-order valence-corrected chi connectivity index (χ2v) is 7.37. The second-order valence-electron chi connectivity index (χ2n) is 7.37. The van der Waals surface area contributed by atoms with Crippen molar-refractivity contribution in [2.45, 2.75) is 6.92 Å². The lowest BCUT2D eigenvalue weighted by Gasteiger charge is -2.34. The molecule has 1 fully saturated rings. The van der Waals surface area contributed by atoms with Gasteiger partial charge in [0.1, 0.15) is 12.3 Å². The van der Waals surface area contributed by atoms with Gasteiger partial charge < -0.3 is 14.5 Å². The third-order valence-electron chi connectivity index (χ3n) is 5.46. The summed E-state index contributed by atoms with van der Waals surface area (Å²) in [4.78, 5) is 29.0. The fourth-order valence-corrected chi connectivity index (χ4v) is 3.77. The van der Waals surface area contributed by atoms with Crippen molar-refractivity contribution in [3.05, 3.63) is 83.9 Å². The van der Waals surface area contributed by atoms with Gasteiger partial charge in [0.05, 0.1) is 7.11 Å². The number of anilines is 1. The second kappa shape index (κ2) is 8.41. The summed E-state index contributed by atoms with van der Waals surface area (Å²) in [6, 6.07) is 23.2. The SMILES string of the molecule is COc1cccc(N2CCN(C(=O)c3ccc(-c4ccccc4C)cc3)CC2=O)c1. The van der Waals surface area contributed by atoms with Gasteiger partial charge >= 0.3 is 0 Å². The molecule has 2 amide bonds. The summed E-state index contributed by atoms with van der Waals surface area (Å²) < 4.78 is 5.24. The predicted molar refractivity (Wildman–Crippen MR) is 118 cm³/mol. The molecule has 0 N–H and O–H groups in total. The molecular weight excluding hydrogens is 376 g/mol. The molecule has 1 heterocycles. The Balaban J connectivity index is 1.46. The Bertz CT molecular complexity index is 1080. The van der Waals surface area contributed by atoms with Crippen LogP contribution in [0, 0.1) is 6.92 Å². The quantitative estimate of drug-likeness (QED) is 0.661. The lowest BCUT2D eigenvalue weighted by molar-refractivity contribution is -0.120. The van der Waals surface area contributed by atoms with Crippen molar-refractivity contribution in [3.8, 4) is 16.9 Å². The van der Waals surface area contributed by atoms with E-state index in [1.165, 1.54) is 5.56 Å². The summed E-state index contributed by atoms with van der Waals surface area (Å²) in [6.07, 6.45) is 0. The van der Waals surface area contributed by atoms with Gasteiger partial charge in [-0.2, -0.15) is 0 Å². The van der Waals surface area contributed by atoms with Crippen molar-refractivity contribution in [2.24, 2.45) is 0 Å². The molecule has 152 valence electrons. The van der Waals surface area contributed by atoms with Gasteiger partial charge in [-0.1, -0.05) is 42.5 Å². The maximum absolute atomic E-state index is 12.9. The molecule has 0 aliphatic carbocycles. The first kappa shape index (κ1) is 19.7. The molecule has 0 aromatic heterocycles. The number of carbonyl (C=O) groups is 2. The van der Waals surface area contributed by atoms with Crippen LogP contribution in [-0.4, -0.2) is 43.5 Å². The number of rotatable bonds is 4. The lowest BCUT2D eigenvalue weighted by atomic mass is 9.99. The van der Waals surface area contributed by atoms with Crippen molar-refractivity contribution < 1.29 is 14.3 Å². The Hall–Kier alpha value is -3.60. The number of nitrogens with zero attached hydrogens (tertiary/aromatic N) is 2. The van der Waals surface area contributed by atoms with Gasteiger partial charge in [0.2, 0.25) is 5.91 Å². The van der Waals surface area contributed by atoms with Crippen LogP contribution in [0.2, 0.25) is 0 Å². The molecule has 0 atom stereocenters. The summed E-state index contributed by atoms with van der Waals surface area (Å²) in [5.74, 6) is 0.483. The Labute approximate surface area is 176 Å². The standard InChI is InChI=1S/C25H24N2O3/c1-18-6-3-4-9-23(18)19-10-12-20(13-11-19)25(29)26-14-15-27(24(28)17-26)21-7-5-8-22(16-21)30-2/h3-13,16H,14-15,17H2,1-2H3. The smallest absolute Gasteiger partial charge is 0.254 e. The molecule has 3 aromatic rings. The van der Waals surface area contributed by atoms with Gasteiger partial charge in [-0.05, 0) is 47.9 Å². The van der Waals surface area contributed by atoms with Crippen LogP contribution in [0.15, 0.2) is 72.8 Å². The third kappa shape index (κ3) is 3.92. The van der Waals surface area contributed by atoms with Crippen LogP contribution in [0.3, 0.4) is 0 Å². The highest BCUT2D eigenvalue weighted by Gasteiger charge is 2.28. The van der Waals surface area contributed by atoms with Gasteiger partial charge in [0.25, 0.3) is 5.91 Å². The minimum absolute atomic E-state index is 0.0651. The van der Waals surface area contributed by atoms with E-state index in [9.17, 15) is 9.59 Å². The molecule has 1 saturated heterocycles. The van der Waals surface area contributed by atoms with E-state index < -0.39 is 0 Å². The van der Waals surface area contributed by atoms with E-state index in [0.29, 0.717) is 24.4 Å². The monoisotopic (exact) mass is 400 g/mol. The van der Waals surface area contributed by atoms with Crippen LogP contribution in [0.1, 0.15) is 15.9 Å². The highest BCUT2D eigenvalue weighted by atomic mass is 16.5. The van der Waals surface area contributed by atoms with Crippen molar-refractivity contribution in [3.63, 3.8) is 0 Å². The van der Waals surface area contributed by atoms with Gasteiger partial charge in [-0.25, -0.2) is 0 Å². The first-order chi connectivity index (χ1) is 14.6. The van der Waals surface area contributed by atoms with Crippen LogP contribution in [0.5, 0.6) is 5.75 Å². The minimum Gasteiger partial charge on any atom is -0.497 e. The zero-order valence-electron chi connectivity index (χ0n) is 17.2. The number of hydrogen-bond donors (Lipinski definition) is 0. The zero-order chi connectivity index (χ0) is 21.1. The van der Waals surface area contributed by atoms with E-state index in [2.05, 4.69) is 19.1 Å². The Morgan fingerprint density at radius 3 is 2.40 bits per heavy atom. The minimum atomic E-state index is -0.120. The highest BCUT2D eigenvalue weighted by Crippen LogP contribution is 2.25. The molecular formula is C25H24N2O3. The summed E-state index contributed by atoms with van der Waals surface area (Å²) in [5.41, 5.74) is 4.79. The fourth-order valence-electron chi connectivity index (χ4n) is 3.77. The number of ether oxygens (including phenoxy) is 1. The molecule has 1 aliphatic heterocycles. The summed E-state index contributed by atoms with van der Waals surface area (Å²) in [5, 5.41) is 0. The van der Waals surface area contributed by atoms with E-state index >= 15 is 0 Å². The number of methoxy groups -OCH3 is 1. The molecule has 30 heavy (non-hydrogen) atoms. The largest absolute Gasteiger partial charge is 0.497 e. The van der Waals surface area contributed by atoms with Crippen molar-refractivity contribution in [1.82, 2.24) is 4.90 Å². The molecule has 5 nitrogen and oxygen atoms in total. The summed E-state index contributed by atoms with van der Waals surface area (Å²) in [7, 11) is 1.60. The number of carbonyl (C=O) groups excluding carboxylic acids is 2. The van der Waals surface area contributed by atoms with Crippen molar-refractivity contribution in [1.29, 1.82) is 0 Å². The normalized spacial score (nSPS) is 14.0. The topological polar surface area (TPSA) is 49.9 Å². The van der Waals surface area contributed by atoms with E-state index in [4.69, 9.17) is 4.74 Å². The van der Waals surface area contributed by atoms with E-state index in [0.717, 1.165) is 16.8 Å². The average molecular weight is 400 g/mol. The summed E-state index contributed by atoms with van der Waals surface area (Å²) >= 11 is 0. The van der Waals surface area contributed by atoms with Gasteiger partial charge in [0, 0.05) is 30.4 Å². The van der Waals surface area contributed by atoms with Crippen LogP contribution in [0.25, 0.3) is 11.1 Å². The van der Waals surface area contributed by atoms with Gasteiger partial charge in [0.15, 0.2) is 0 Å². The molecule has 0 saturated carbocycles. The van der Waals surface area contributed by atoms with Gasteiger partial charge in [-0.15, -0.1) is 0 Å². The fraction of sp³-hybridized carbons (Fsp3) is 0.200. The Kier molecular flexibility index (Phi) is 5.53. The average Bonchev–Trinajstić information content (AvgIpc) is 2.79. The number of piperazine rings is 1. The van der Waals surface area contributed by atoms with Crippen molar-refractivity contribution in [2.75, 3.05) is 31.6 Å². The first-order valence-corrected chi connectivity index (χ1v) is 9.96. The number of hydrogen-bond acceptors (Lipinski definition) is 3. The number of benzene rings is 3. The molecule has 0 radical (unpaired) electrons. The first-order valence-electron chi connectivity index (χ1n) is 9.96. The maximum Gasteiger partial charge on any atom is 0.254 e. The van der Waals surface area contributed by atoms with E-state index in [1.807, 2.05) is 60.7 Å². The third-order valence-corrected chi connectivity index (χ3v) is 5.46. The van der Waals surface area contributed by atoms with Gasteiger partial charge in [-0.3, -0.25) is 9.59 Å². The number of aryl methyl sites for hydroxylation is 1.